The number of thioether (sulfide) groups is 1. The SMILES string of the molecule is C=CCc1cc(C=C2SC(=Nc3ccc(C(=O)OC)cc3)N(CC)C2=O)cc(OCC)c1O. The molecule has 1 aliphatic rings. The Bertz CT molecular complexity index is 1120. The molecule has 0 bridgehead atoms. The third-order valence-corrected chi connectivity index (χ3v) is 5.86. The number of hydrogen-bond donors (Lipinski definition) is 1. The highest BCUT2D eigenvalue weighted by Gasteiger charge is 2.32. The normalized spacial score (nSPS) is 15.8. The van der Waals surface area contributed by atoms with Crippen molar-refractivity contribution >= 4 is 40.6 Å². The molecule has 0 aliphatic carbocycles. The second kappa shape index (κ2) is 10.9. The Morgan fingerprint density at radius 2 is 1.97 bits per heavy atom. The summed E-state index contributed by atoms with van der Waals surface area (Å²) in [7, 11) is 1.33. The number of phenols is 1. The van der Waals surface area contributed by atoms with Crippen LogP contribution in [0.1, 0.15) is 35.3 Å². The molecule has 3 rings (SSSR count). The van der Waals surface area contributed by atoms with Gasteiger partial charge < -0.3 is 14.6 Å². The van der Waals surface area contributed by atoms with Gasteiger partial charge in [0, 0.05) is 12.1 Å². The first-order chi connectivity index (χ1) is 15.9. The maximum atomic E-state index is 13.0. The second-order valence-electron chi connectivity index (χ2n) is 7.05. The number of rotatable bonds is 8. The van der Waals surface area contributed by atoms with Crippen LogP contribution in [0.3, 0.4) is 0 Å². The first-order valence-corrected chi connectivity index (χ1v) is 11.3. The Balaban J connectivity index is 1.94. The van der Waals surface area contributed by atoms with Crippen molar-refractivity contribution < 1.29 is 24.2 Å². The van der Waals surface area contributed by atoms with Crippen molar-refractivity contribution in [3.63, 3.8) is 0 Å². The maximum Gasteiger partial charge on any atom is 0.337 e. The number of amides is 1. The zero-order chi connectivity index (χ0) is 24.0. The van der Waals surface area contributed by atoms with Crippen LogP contribution in [-0.2, 0) is 16.0 Å². The number of methoxy groups -OCH3 is 1. The molecular formula is C25H26N2O5S. The third-order valence-electron chi connectivity index (χ3n) is 4.86. The number of nitrogens with zero attached hydrogens (tertiary/aromatic N) is 2. The number of carbonyl (C=O) groups excluding carboxylic acids is 2. The van der Waals surface area contributed by atoms with E-state index in [1.807, 2.05) is 19.9 Å². The molecule has 2 aromatic carbocycles. The van der Waals surface area contributed by atoms with E-state index in [1.54, 1.807) is 47.4 Å². The average Bonchev–Trinajstić information content (AvgIpc) is 3.10. The van der Waals surface area contributed by atoms with Gasteiger partial charge in [0.2, 0.25) is 0 Å². The maximum absolute atomic E-state index is 13.0. The standard InChI is InChI=1S/C25H26N2O5S/c1-5-8-18-13-16(14-20(22(18)28)32-7-3)15-21-23(29)27(6-2)25(33-21)26-19-11-9-17(10-12-19)24(30)31-4/h5,9-15,28H,1,6-8H2,2-4H3. The van der Waals surface area contributed by atoms with Gasteiger partial charge in [-0.2, -0.15) is 0 Å². The fourth-order valence-electron chi connectivity index (χ4n) is 3.27. The van der Waals surface area contributed by atoms with Crippen LogP contribution in [0, 0.1) is 0 Å². The van der Waals surface area contributed by atoms with E-state index >= 15 is 0 Å². The second-order valence-corrected chi connectivity index (χ2v) is 8.05. The van der Waals surface area contributed by atoms with Gasteiger partial charge in [-0.3, -0.25) is 9.69 Å². The number of amidine groups is 1. The molecule has 0 radical (unpaired) electrons. The average molecular weight is 467 g/mol. The van der Waals surface area contributed by atoms with Gasteiger partial charge in [0.25, 0.3) is 5.91 Å². The van der Waals surface area contributed by atoms with E-state index in [1.165, 1.54) is 18.9 Å². The fraction of sp³-hybridized carbons (Fsp3) is 0.240. The van der Waals surface area contributed by atoms with E-state index < -0.39 is 5.97 Å². The number of carbonyl (C=O) groups is 2. The number of esters is 1. The van der Waals surface area contributed by atoms with Crippen molar-refractivity contribution in [2.75, 3.05) is 20.3 Å². The number of benzene rings is 2. The van der Waals surface area contributed by atoms with Gasteiger partial charge in [0.05, 0.1) is 29.9 Å². The van der Waals surface area contributed by atoms with Gasteiger partial charge in [-0.05, 0) is 80.1 Å². The molecule has 1 amide bonds. The molecule has 33 heavy (non-hydrogen) atoms. The third kappa shape index (κ3) is 5.46. The van der Waals surface area contributed by atoms with Gasteiger partial charge in [0.15, 0.2) is 16.7 Å². The molecule has 1 fully saturated rings. The van der Waals surface area contributed by atoms with E-state index in [9.17, 15) is 14.7 Å². The first kappa shape index (κ1) is 24.1. The van der Waals surface area contributed by atoms with Crippen molar-refractivity contribution in [2.24, 2.45) is 4.99 Å². The Morgan fingerprint density at radius 1 is 1.24 bits per heavy atom. The van der Waals surface area contributed by atoms with Crippen LogP contribution < -0.4 is 4.74 Å². The molecule has 2 aromatic rings. The van der Waals surface area contributed by atoms with Crippen LogP contribution in [0.5, 0.6) is 11.5 Å². The summed E-state index contributed by atoms with van der Waals surface area (Å²) >= 11 is 1.27. The van der Waals surface area contributed by atoms with Crippen molar-refractivity contribution in [1.29, 1.82) is 0 Å². The largest absolute Gasteiger partial charge is 0.504 e. The molecule has 8 heteroatoms. The van der Waals surface area contributed by atoms with Gasteiger partial charge in [-0.25, -0.2) is 9.79 Å². The molecule has 7 nitrogen and oxygen atoms in total. The molecule has 0 saturated carbocycles. The number of likely N-dealkylation sites (N-methyl/N-ethyl adjacent to an activating group) is 1. The van der Waals surface area contributed by atoms with Crippen LogP contribution in [0.4, 0.5) is 5.69 Å². The van der Waals surface area contributed by atoms with Crippen LogP contribution >= 0.6 is 11.8 Å². The van der Waals surface area contributed by atoms with E-state index in [2.05, 4.69) is 11.6 Å². The van der Waals surface area contributed by atoms with E-state index in [4.69, 9.17) is 9.47 Å². The molecule has 0 unspecified atom stereocenters. The minimum atomic E-state index is -0.420. The number of hydrogen-bond acceptors (Lipinski definition) is 7. The number of allylic oxidation sites excluding steroid dienone is 1. The summed E-state index contributed by atoms with van der Waals surface area (Å²) in [6.45, 7) is 8.33. The highest BCUT2D eigenvalue weighted by molar-refractivity contribution is 8.18. The first-order valence-electron chi connectivity index (χ1n) is 10.5. The van der Waals surface area contributed by atoms with Gasteiger partial charge >= 0.3 is 5.97 Å². The van der Waals surface area contributed by atoms with Crippen LogP contribution in [0.25, 0.3) is 6.08 Å². The molecule has 1 aliphatic heterocycles. The van der Waals surface area contributed by atoms with Crippen LogP contribution in [0.15, 0.2) is 59.0 Å². The molecule has 1 saturated heterocycles. The van der Waals surface area contributed by atoms with E-state index in [0.717, 1.165) is 5.56 Å². The highest BCUT2D eigenvalue weighted by atomic mass is 32.2. The van der Waals surface area contributed by atoms with Crippen molar-refractivity contribution in [3.8, 4) is 11.5 Å². The molecule has 172 valence electrons. The number of aromatic hydroxyl groups is 1. The molecule has 1 heterocycles. The zero-order valence-electron chi connectivity index (χ0n) is 18.8. The quantitative estimate of drug-likeness (QED) is 0.337. The molecule has 1 N–H and O–H groups in total. The van der Waals surface area contributed by atoms with Crippen LogP contribution in [0.2, 0.25) is 0 Å². The number of ether oxygens (including phenoxy) is 2. The summed E-state index contributed by atoms with van der Waals surface area (Å²) < 4.78 is 10.3. The predicted molar refractivity (Wildman–Crippen MR) is 131 cm³/mol. The molecule has 0 atom stereocenters. The fourth-order valence-corrected chi connectivity index (χ4v) is 4.33. The summed E-state index contributed by atoms with van der Waals surface area (Å²) in [6.07, 6.45) is 3.94. The lowest BCUT2D eigenvalue weighted by Gasteiger charge is -2.12. The summed E-state index contributed by atoms with van der Waals surface area (Å²) in [5.74, 6) is -0.122. The Morgan fingerprint density at radius 3 is 2.58 bits per heavy atom. The predicted octanol–water partition coefficient (Wildman–Crippen LogP) is 4.93. The van der Waals surface area contributed by atoms with E-state index in [0.29, 0.717) is 52.2 Å². The van der Waals surface area contributed by atoms with Gasteiger partial charge in [-0.15, -0.1) is 6.58 Å². The Hall–Kier alpha value is -3.52. The monoisotopic (exact) mass is 466 g/mol. The minimum Gasteiger partial charge on any atom is -0.504 e. The summed E-state index contributed by atoms with van der Waals surface area (Å²) in [5, 5.41) is 11.0. The lowest BCUT2D eigenvalue weighted by Crippen LogP contribution is -2.28. The lowest BCUT2D eigenvalue weighted by atomic mass is 10.1. The summed E-state index contributed by atoms with van der Waals surface area (Å²) in [4.78, 5) is 31.3. The molecular weight excluding hydrogens is 440 g/mol. The zero-order valence-corrected chi connectivity index (χ0v) is 19.6. The van der Waals surface area contributed by atoms with Crippen molar-refractivity contribution in [2.45, 2.75) is 20.3 Å². The summed E-state index contributed by atoms with van der Waals surface area (Å²) in [5.41, 5.74) is 2.46. The molecule has 0 spiro atoms. The Kier molecular flexibility index (Phi) is 7.95. The van der Waals surface area contributed by atoms with Crippen molar-refractivity contribution in [3.05, 3.63) is 70.6 Å². The number of aliphatic imine (C=N–C) groups is 1. The molecule has 0 aromatic heterocycles. The Labute approximate surface area is 197 Å². The van der Waals surface area contributed by atoms with E-state index in [-0.39, 0.29) is 11.7 Å². The van der Waals surface area contributed by atoms with Gasteiger partial charge in [0.1, 0.15) is 0 Å². The summed E-state index contributed by atoms with van der Waals surface area (Å²) in [6, 6.07) is 10.2. The van der Waals surface area contributed by atoms with Gasteiger partial charge in [-0.1, -0.05) is 6.08 Å². The smallest absolute Gasteiger partial charge is 0.337 e. The van der Waals surface area contributed by atoms with Crippen molar-refractivity contribution in [1.82, 2.24) is 4.90 Å². The van der Waals surface area contributed by atoms with Crippen LogP contribution in [-0.4, -0.2) is 47.3 Å². The number of phenolic OH excluding ortho intramolecular Hbond substituents is 1. The lowest BCUT2D eigenvalue weighted by molar-refractivity contribution is -0.122. The highest BCUT2D eigenvalue weighted by Crippen LogP contribution is 2.37. The topological polar surface area (TPSA) is 88.4 Å². The minimum absolute atomic E-state index is 0.0807.